The van der Waals surface area contributed by atoms with Crippen LogP contribution in [0.1, 0.15) is 43.4 Å². The van der Waals surface area contributed by atoms with Gasteiger partial charge in [-0.15, -0.1) is 0 Å². The zero-order chi connectivity index (χ0) is 16.8. The zero-order valence-electron chi connectivity index (χ0n) is 14.1. The molecule has 1 aliphatic carbocycles. The number of hydrogen-bond donors (Lipinski definition) is 1. The van der Waals surface area contributed by atoms with E-state index in [1.54, 1.807) is 6.20 Å². The van der Waals surface area contributed by atoms with Gasteiger partial charge in [-0.05, 0) is 30.5 Å². The maximum atomic E-state index is 9.04. The minimum Gasteiger partial charge on any atom is -0.372 e. The van der Waals surface area contributed by atoms with E-state index in [1.165, 1.54) is 44.0 Å². The van der Waals surface area contributed by atoms with Crippen LogP contribution in [-0.2, 0) is 6.54 Å². The van der Waals surface area contributed by atoms with Gasteiger partial charge in [0.1, 0.15) is 6.07 Å². The number of nitriles is 1. The van der Waals surface area contributed by atoms with Crippen molar-refractivity contribution in [2.24, 2.45) is 0 Å². The third-order valence-corrected chi connectivity index (χ3v) is 4.73. The molecule has 0 unspecified atom stereocenters. The molecule has 1 aromatic heterocycles. The van der Waals surface area contributed by atoms with Gasteiger partial charge in [-0.3, -0.25) is 0 Å². The number of anilines is 2. The molecule has 1 aromatic carbocycles. The fraction of sp³-hybridized carbons (Fsp3) is 0.421. The lowest BCUT2D eigenvalue weighted by Gasteiger charge is -2.33. The molecule has 0 bridgehead atoms. The van der Waals surface area contributed by atoms with Crippen LogP contribution < -0.4 is 10.2 Å². The van der Waals surface area contributed by atoms with Crippen LogP contribution in [0.3, 0.4) is 0 Å². The highest BCUT2D eigenvalue weighted by Gasteiger charge is 2.18. The van der Waals surface area contributed by atoms with E-state index in [-0.39, 0.29) is 0 Å². The first-order valence-electron chi connectivity index (χ1n) is 8.54. The SMILES string of the molecule is CN(c1ccc(CNc2nccnc2C#N)cc1)C1CCCCC1. The average molecular weight is 321 g/mol. The van der Waals surface area contributed by atoms with Gasteiger partial charge in [0, 0.05) is 37.7 Å². The molecule has 0 radical (unpaired) electrons. The van der Waals surface area contributed by atoms with E-state index in [2.05, 4.69) is 51.5 Å². The third kappa shape index (κ3) is 3.83. The molecule has 24 heavy (non-hydrogen) atoms. The first-order chi connectivity index (χ1) is 11.8. The van der Waals surface area contributed by atoms with E-state index in [0.717, 1.165) is 5.56 Å². The Morgan fingerprint density at radius 1 is 1.12 bits per heavy atom. The molecule has 1 aliphatic rings. The number of aromatic nitrogens is 2. The van der Waals surface area contributed by atoms with Crippen molar-refractivity contribution in [3.8, 4) is 6.07 Å². The Hall–Kier alpha value is -2.61. The Morgan fingerprint density at radius 2 is 1.83 bits per heavy atom. The molecule has 0 saturated heterocycles. The van der Waals surface area contributed by atoms with Gasteiger partial charge < -0.3 is 10.2 Å². The Bertz CT molecular complexity index is 698. The zero-order valence-corrected chi connectivity index (χ0v) is 14.1. The monoisotopic (exact) mass is 321 g/mol. The molecular formula is C19H23N5. The van der Waals surface area contributed by atoms with Crippen LogP contribution in [0.5, 0.6) is 0 Å². The van der Waals surface area contributed by atoms with Gasteiger partial charge in [0.25, 0.3) is 0 Å². The van der Waals surface area contributed by atoms with Gasteiger partial charge in [-0.1, -0.05) is 31.4 Å². The van der Waals surface area contributed by atoms with Crippen molar-refractivity contribution >= 4 is 11.5 Å². The summed E-state index contributed by atoms with van der Waals surface area (Å²) < 4.78 is 0. The highest BCUT2D eigenvalue weighted by Crippen LogP contribution is 2.26. The predicted molar refractivity (Wildman–Crippen MR) is 95.8 cm³/mol. The summed E-state index contributed by atoms with van der Waals surface area (Å²) in [5, 5.41) is 12.2. The van der Waals surface area contributed by atoms with E-state index < -0.39 is 0 Å². The summed E-state index contributed by atoms with van der Waals surface area (Å²) in [5.41, 5.74) is 2.75. The number of nitrogens with zero attached hydrogens (tertiary/aromatic N) is 4. The smallest absolute Gasteiger partial charge is 0.182 e. The quantitative estimate of drug-likeness (QED) is 0.909. The molecule has 0 atom stereocenters. The van der Waals surface area contributed by atoms with Crippen LogP contribution in [0.15, 0.2) is 36.7 Å². The van der Waals surface area contributed by atoms with Gasteiger partial charge in [0.2, 0.25) is 0 Å². The second-order valence-electron chi connectivity index (χ2n) is 6.29. The molecule has 2 aromatic rings. The van der Waals surface area contributed by atoms with Crippen molar-refractivity contribution in [2.45, 2.75) is 44.7 Å². The number of benzene rings is 1. The Morgan fingerprint density at radius 3 is 2.54 bits per heavy atom. The second-order valence-corrected chi connectivity index (χ2v) is 6.29. The molecule has 5 nitrogen and oxygen atoms in total. The van der Waals surface area contributed by atoms with Gasteiger partial charge >= 0.3 is 0 Å². The minimum absolute atomic E-state index is 0.325. The molecular weight excluding hydrogens is 298 g/mol. The van der Waals surface area contributed by atoms with Gasteiger partial charge in [-0.2, -0.15) is 5.26 Å². The average Bonchev–Trinajstić information content (AvgIpc) is 2.67. The summed E-state index contributed by atoms with van der Waals surface area (Å²) in [5.74, 6) is 0.531. The molecule has 1 fully saturated rings. The summed E-state index contributed by atoms with van der Waals surface area (Å²) >= 11 is 0. The van der Waals surface area contributed by atoms with Gasteiger partial charge in [0.15, 0.2) is 11.5 Å². The maximum absolute atomic E-state index is 9.04. The number of nitrogens with one attached hydrogen (secondary N) is 1. The minimum atomic E-state index is 0.325. The fourth-order valence-electron chi connectivity index (χ4n) is 3.26. The lowest BCUT2D eigenvalue weighted by atomic mass is 9.94. The van der Waals surface area contributed by atoms with E-state index in [1.807, 2.05) is 6.07 Å². The van der Waals surface area contributed by atoms with Crippen LogP contribution in [0.2, 0.25) is 0 Å². The van der Waals surface area contributed by atoms with Crippen LogP contribution in [0.4, 0.5) is 11.5 Å². The van der Waals surface area contributed by atoms with Crippen LogP contribution in [-0.4, -0.2) is 23.1 Å². The molecule has 0 aliphatic heterocycles. The van der Waals surface area contributed by atoms with E-state index in [0.29, 0.717) is 24.1 Å². The third-order valence-electron chi connectivity index (χ3n) is 4.73. The Labute approximate surface area is 143 Å². The lowest BCUT2D eigenvalue weighted by molar-refractivity contribution is 0.427. The Kier molecular flexibility index (Phi) is 5.27. The van der Waals surface area contributed by atoms with Crippen molar-refractivity contribution in [1.29, 1.82) is 5.26 Å². The van der Waals surface area contributed by atoms with E-state index in [4.69, 9.17) is 5.26 Å². The maximum Gasteiger partial charge on any atom is 0.182 e. The molecule has 0 amide bonds. The normalized spacial score (nSPS) is 14.8. The topological polar surface area (TPSA) is 64.8 Å². The number of rotatable bonds is 5. The van der Waals surface area contributed by atoms with Gasteiger partial charge in [0.05, 0.1) is 0 Å². The Balaban J connectivity index is 1.61. The van der Waals surface area contributed by atoms with Crippen LogP contribution in [0.25, 0.3) is 0 Å². The summed E-state index contributed by atoms with van der Waals surface area (Å²) in [6, 6.07) is 11.3. The molecule has 1 saturated carbocycles. The summed E-state index contributed by atoms with van der Waals surface area (Å²) in [6.07, 6.45) is 9.77. The first kappa shape index (κ1) is 16.3. The largest absolute Gasteiger partial charge is 0.372 e. The second kappa shape index (κ2) is 7.78. The van der Waals surface area contributed by atoms with Crippen molar-refractivity contribution in [3.05, 3.63) is 47.9 Å². The molecule has 124 valence electrons. The van der Waals surface area contributed by atoms with Gasteiger partial charge in [-0.25, -0.2) is 9.97 Å². The summed E-state index contributed by atoms with van der Waals surface area (Å²) in [6.45, 7) is 0.626. The fourth-order valence-corrected chi connectivity index (χ4v) is 3.26. The van der Waals surface area contributed by atoms with E-state index in [9.17, 15) is 0 Å². The molecule has 1 N–H and O–H groups in total. The van der Waals surface area contributed by atoms with Crippen molar-refractivity contribution in [2.75, 3.05) is 17.3 Å². The van der Waals surface area contributed by atoms with Crippen molar-refractivity contribution in [1.82, 2.24) is 9.97 Å². The standard InChI is InChI=1S/C19H23N5/c1-24(16-5-3-2-4-6-16)17-9-7-15(8-10-17)14-23-19-18(13-20)21-11-12-22-19/h7-12,16H,2-6,14H2,1H3,(H,22,23). The van der Waals surface area contributed by atoms with Crippen LogP contribution in [0, 0.1) is 11.3 Å². The molecule has 1 heterocycles. The first-order valence-corrected chi connectivity index (χ1v) is 8.54. The predicted octanol–water partition coefficient (Wildman–Crippen LogP) is 3.73. The van der Waals surface area contributed by atoms with Crippen molar-refractivity contribution in [3.63, 3.8) is 0 Å². The molecule has 5 heteroatoms. The highest BCUT2D eigenvalue weighted by molar-refractivity contribution is 5.50. The van der Waals surface area contributed by atoms with Crippen LogP contribution >= 0.6 is 0 Å². The molecule has 0 spiro atoms. The van der Waals surface area contributed by atoms with E-state index >= 15 is 0 Å². The molecule has 3 rings (SSSR count). The van der Waals surface area contributed by atoms with Crippen molar-refractivity contribution < 1.29 is 0 Å². The lowest BCUT2D eigenvalue weighted by Crippen LogP contribution is -2.33. The highest BCUT2D eigenvalue weighted by atomic mass is 15.1. The number of hydrogen-bond acceptors (Lipinski definition) is 5. The summed E-state index contributed by atoms with van der Waals surface area (Å²) in [7, 11) is 2.20. The summed E-state index contributed by atoms with van der Waals surface area (Å²) in [4.78, 5) is 10.6.